The molecule has 0 unspecified atom stereocenters. The molecule has 2 N–H and O–H groups in total. The zero-order valence-corrected chi connectivity index (χ0v) is 10.5. The molecule has 0 spiro atoms. The van der Waals surface area contributed by atoms with Crippen molar-refractivity contribution in [3.05, 3.63) is 27.6 Å². The van der Waals surface area contributed by atoms with Gasteiger partial charge >= 0.3 is 0 Å². The molecule has 2 rings (SSSR count). The van der Waals surface area contributed by atoms with E-state index in [1.807, 2.05) is 19.1 Å². The van der Waals surface area contributed by atoms with Gasteiger partial charge in [-0.1, -0.05) is 0 Å². The summed E-state index contributed by atoms with van der Waals surface area (Å²) in [5.74, 6) is 2.02. The van der Waals surface area contributed by atoms with Crippen LogP contribution in [0.2, 0.25) is 0 Å². The van der Waals surface area contributed by atoms with Gasteiger partial charge < -0.3 is 5.73 Å². The van der Waals surface area contributed by atoms with Crippen molar-refractivity contribution in [3.63, 3.8) is 0 Å². The average molecular weight is 285 g/mol. The average Bonchev–Trinajstić information content (AvgIpc) is 2.64. The molecule has 0 aliphatic heterocycles. The van der Waals surface area contributed by atoms with Crippen LogP contribution in [0.5, 0.6) is 0 Å². The summed E-state index contributed by atoms with van der Waals surface area (Å²) >= 11 is 5.00. The Morgan fingerprint density at radius 2 is 2.13 bits per heavy atom. The Morgan fingerprint density at radius 1 is 1.33 bits per heavy atom. The Morgan fingerprint density at radius 3 is 2.73 bits per heavy atom. The van der Waals surface area contributed by atoms with E-state index in [0.717, 1.165) is 8.66 Å². The number of thiophene rings is 1. The third kappa shape index (κ3) is 2.39. The topological polar surface area (TPSA) is 64.7 Å². The SMILES string of the molecule is Cc1nc(CN)nc(-c2ccc(Br)s2)n1. The molecule has 2 aromatic heterocycles. The van der Waals surface area contributed by atoms with Crippen LogP contribution in [0.4, 0.5) is 0 Å². The van der Waals surface area contributed by atoms with Gasteiger partial charge in [0.05, 0.1) is 15.2 Å². The Hall–Kier alpha value is -0.850. The van der Waals surface area contributed by atoms with Gasteiger partial charge in [-0.25, -0.2) is 15.0 Å². The molecule has 78 valence electrons. The third-order valence-corrected chi connectivity index (χ3v) is 3.39. The van der Waals surface area contributed by atoms with E-state index in [1.165, 1.54) is 0 Å². The van der Waals surface area contributed by atoms with Gasteiger partial charge in [0, 0.05) is 0 Å². The van der Waals surface area contributed by atoms with E-state index in [4.69, 9.17) is 5.73 Å². The zero-order valence-electron chi connectivity index (χ0n) is 8.07. The first kappa shape index (κ1) is 10.7. The maximum absolute atomic E-state index is 5.51. The second-order valence-electron chi connectivity index (χ2n) is 2.93. The van der Waals surface area contributed by atoms with Crippen molar-refractivity contribution in [2.24, 2.45) is 5.73 Å². The van der Waals surface area contributed by atoms with Gasteiger partial charge in [0.15, 0.2) is 5.82 Å². The van der Waals surface area contributed by atoms with Gasteiger partial charge in [0.1, 0.15) is 11.6 Å². The number of rotatable bonds is 2. The Labute approximate surface area is 99.7 Å². The minimum Gasteiger partial charge on any atom is -0.324 e. The van der Waals surface area contributed by atoms with Crippen LogP contribution in [0.15, 0.2) is 15.9 Å². The smallest absolute Gasteiger partial charge is 0.173 e. The van der Waals surface area contributed by atoms with Gasteiger partial charge in [-0.2, -0.15) is 0 Å². The summed E-state index contributed by atoms with van der Waals surface area (Å²) in [5.41, 5.74) is 5.51. The lowest BCUT2D eigenvalue weighted by Crippen LogP contribution is -2.06. The van der Waals surface area contributed by atoms with E-state index in [-0.39, 0.29) is 0 Å². The van der Waals surface area contributed by atoms with Crippen molar-refractivity contribution in [1.82, 2.24) is 15.0 Å². The minimum absolute atomic E-state index is 0.336. The molecule has 2 heterocycles. The molecule has 0 aliphatic rings. The number of aryl methyl sites for hydroxylation is 1. The van der Waals surface area contributed by atoms with Crippen molar-refractivity contribution in [1.29, 1.82) is 0 Å². The predicted molar refractivity (Wildman–Crippen MR) is 63.5 cm³/mol. The van der Waals surface area contributed by atoms with Crippen LogP contribution in [0.25, 0.3) is 10.7 Å². The molecule has 0 radical (unpaired) electrons. The first-order valence-corrected chi connectivity index (χ1v) is 5.97. The predicted octanol–water partition coefficient (Wildman–Crippen LogP) is 2.13. The van der Waals surface area contributed by atoms with E-state index < -0.39 is 0 Å². The van der Waals surface area contributed by atoms with Crippen molar-refractivity contribution < 1.29 is 0 Å². The van der Waals surface area contributed by atoms with Gasteiger partial charge in [-0.05, 0) is 35.0 Å². The molecule has 0 bridgehead atoms. The molecule has 0 saturated carbocycles. The highest BCUT2D eigenvalue weighted by molar-refractivity contribution is 9.11. The highest BCUT2D eigenvalue weighted by Gasteiger charge is 2.07. The van der Waals surface area contributed by atoms with E-state index in [1.54, 1.807) is 11.3 Å². The summed E-state index contributed by atoms with van der Waals surface area (Å²) in [6.45, 7) is 2.18. The van der Waals surface area contributed by atoms with E-state index in [2.05, 4.69) is 30.9 Å². The first-order valence-electron chi connectivity index (χ1n) is 4.36. The Bertz CT molecular complexity index is 483. The molecular weight excluding hydrogens is 276 g/mol. The number of aromatic nitrogens is 3. The zero-order chi connectivity index (χ0) is 10.8. The van der Waals surface area contributed by atoms with Gasteiger partial charge in [0.2, 0.25) is 0 Å². The number of hydrogen-bond acceptors (Lipinski definition) is 5. The second-order valence-corrected chi connectivity index (χ2v) is 5.39. The summed E-state index contributed by atoms with van der Waals surface area (Å²) in [4.78, 5) is 13.7. The van der Waals surface area contributed by atoms with Crippen LogP contribution < -0.4 is 5.73 Å². The van der Waals surface area contributed by atoms with Crippen LogP contribution in [-0.2, 0) is 6.54 Å². The highest BCUT2D eigenvalue weighted by atomic mass is 79.9. The lowest BCUT2D eigenvalue weighted by Gasteiger charge is -2.00. The number of hydrogen-bond donors (Lipinski definition) is 1. The number of halogens is 1. The van der Waals surface area contributed by atoms with E-state index in [0.29, 0.717) is 24.0 Å². The number of nitrogens with two attached hydrogens (primary N) is 1. The third-order valence-electron chi connectivity index (χ3n) is 1.77. The lowest BCUT2D eigenvalue weighted by atomic mass is 10.4. The summed E-state index contributed by atoms with van der Waals surface area (Å²) in [6.07, 6.45) is 0. The standard InChI is InChI=1S/C9H9BrN4S/c1-5-12-8(4-11)14-9(13-5)6-2-3-7(10)15-6/h2-3H,4,11H2,1H3. The molecule has 0 aromatic carbocycles. The van der Waals surface area contributed by atoms with E-state index in [9.17, 15) is 0 Å². The highest BCUT2D eigenvalue weighted by Crippen LogP contribution is 2.28. The lowest BCUT2D eigenvalue weighted by molar-refractivity contribution is 0.852. The van der Waals surface area contributed by atoms with Crippen LogP contribution in [0.3, 0.4) is 0 Å². The summed E-state index contributed by atoms with van der Waals surface area (Å²) in [6, 6.07) is 3.95. The quantitative estimate of drug-likeness (QED) is 0.918. The Balaban J connectivity index is 2.48. The van der Waals surface area contributed by atoms with E-state index >= 15 is 0 Å². The second kappa shape index (κ2) is 4.34. The molecule has 6 heteroatoms. The van der Waals surface area contributed by atoms with Crippen LogP contribution >= 0.6 is 27.3 Å². The van der Waals surface area contributed by atoms with Crippen molar-refractivity contribution in [2.75, 3.05) is 0 Å². The molecule has 0 fully saturated rings. The van der Waals surface area contributed by atoms with Crippen molar-refractivity contribution in [3.8, 4) is 10.7 Å². The molecule has 0 amide bonds. The van der Waals surface area contributed by atoms with Gasteiger partial charge in [-0.3, -0.25) is 0 Å². The summed E-state index contributed by atoms with van der Waals surface area (Å²) in [5, 5.41) is 0. The molecule has 15 heavy (non-hydrogen) atoms. The fraction of sp³-hybridized carbons (Fsp3) is 0.222. The fourth-order valence-corrected chi connectivity index (χ4v) is 2.49. The molecule has 2 aromatic rings. The monoisotopic (exact) mass is 284 g/mol. The Kier molecular flexibility index (Phi) is 3.08. The van der Waals surface area contributed by atoms with Crippen molar-refractivity contribution >= 4 is 27.3 Å². The molecule has 0 aliphatic carbocycles. The largest absolute Gasteiger partial charge is 0.324 e. The molecule has 4 nitrogen and oxygen atoms in total. The normalized spacial score (nSPS) is 10.6. The maximum Gasteiger partial charge on any atom is 0.173 e. The first-order chi connectivity index (χ1) is 7.19. The maximum atomic E-state index is 5.51. The van der Waals surface area contributed by atoms with Gasteiger partial charge in [0.25, 0.3) is 0 Å². The fourth-order valence-electron chi connectivity index (χ4n) is 1.17. The molecule has 0 atom stereocenters. The van der Waals surface area contributed by atoms with Gasteiger partial charge in [-0.15, -0.1) is 11.3 Å². The van der Waals surface area contributed by atoms with Crippen LogP contribution in [0.1, 0.15) is 11.6 Å². The summed E-state index contributed by atoms with van der Waals surface area (Å²) < 4.78 is 1.06. The summed E-state index contributed by atoms with van der Waals surface area (Å²) in [7, 11) is 0. The van der Waals surface area contributed by atoms with Crippen LogP contribution in [0, 0.1) is 6.92 Å². The minimum atomic E-state index is 0.336. The number of nitrogens with zero attached hydrogens (tertiary/aromatic N) is 3. The molecule has 0 saturated heterocycles. The molecular formula is C9H9BrN4S. The van der Waals surface area contributed by atoms with Crippen LogP contribution in [-0.4, -0.2) is 15.0 Å². The van der Waals surface area contributed by atoms with Crippen molar-refractivity contribution in [2.45, 2.75) is 13.5 Å².